The van der Waals surface area contributed by atoms with E-state index in [2.05, 4.69) is 6.58 Å². The fraction of sp³-hybridized carbons (Fsp3) is 0.105. The minimum absolute atomic E-state index is 0.204. The Morgan fingerprint density at radius 3 is 2.83 bits per heavy atom. The summed E-state index contributed by atoms with van der Waals surface area (Å²) >= 11 is 0. The van der Waals surface area contributed by atoms with Crippen molar-refractivity contribution < 1.29 is 9.53 Å². The van der Waals surface area contributed by atoms with Crippen LogP contribution in [0.3, 0.4) is 0 Å². The Morgan fingerprint density at radius 2 is 2.09 bits per heavy atom. The Kier molecular flexibility index (Phi) is 3.89. The number of carbonyl (C=O) groups excluding carboxylic acids is 1. The first-order chi connectivity index (χ1) is 11.1. The molecule has 0 unspecified atom stereocenters. The molecular weight excluding hydrogens is 288 g/mol. The van der Waals surface area contributed by atoms with E-state index >= 15 is 0 Å². The molecule has 2 aromatic carbocycles. The molecule has 0 saturated carbocycles. The summed E-state index contributed by atoms with van der Waals surface area (Å²) in [5.74, 6) is 0.693. The highest BCUT2D eigenvalue weighted by molar-refractivity contribution is 6.10. The predicted octanol–water partition coefficient (Wildman–Crippen LogP) is 3.53. The molecule has 0 saturated heterocycles. The molecule has 1 aliphatic rings. The largest absolute Gasteiger partial charge is 0.449 e. The van der Waals surface area contributed by atoms with E-state index in [1.807, 2.05) is 31.2 Å². The van der Waals surface area contributed by atoms with Gasteiger partial charge >= 0.3 is 0 Å². The number of ether oxygens (including phenoxy) is 1. The minimum Gasteiger partial charge on any atom is -0.449 e. The molecule has 0 radical (unpaired) electrons. The van der Waals surface area contributed by atoms with Crippen molar-refractivity contribution >= 4 is 23.4 Å². The number of aryl methyl sites for hydroxylation is 1. The third-order valence-electron chi connectivity index (χ3n) is 3.60. The standard InChI is InChI=1S/C19H18N2O2/c1-3-9-21-16-12-15(20)7-8-17(16)23-18(19(21)22)11-14-6-4-5-13(2)10-14/h3-8,10-12H,1,9,20H2,2H3/b18-11+. The lowest BCUT2D eigenvalue weighted by molar-refractivity contribution is -0.117. The van der Waals surface area contributed by atoms with Gasteiger partial charge in [0.1, 0.15) is 0 Å². The maximum absolute atomic E-state index is 12.7. The fourth-order valence-corrected chi connectivity index (χ4v) is 2.55. The summed E-state index contributed by atoms with van der Waals surface area (Å²) in [5, 5.41) is 0. The van der Waals surface area contributed by atoms with Crippen LogP contribution in [0.15, 0.2) is 60.9 Å². The number of amides is 1. The van der Waals surface area contributed by atoms with Crippen LogP contribution in [-0.4, -0.2) is 12.5 Å². The number of nitrogens with two attached hydrogens (primary N) is 1. The van der Waals surface area contributed by atoms with Gasteiger partial charge in [-0.1, -0.05) is 35.9 Å². The topological polar surface area (TPSA) is 55.6 Å². The quantitative estimate of drug-likeness (QED) is 0.536. The van der Waals surface area contributed by atoms with Crippen molar-refractivity contribution in [1.29, 1.82) is 0 Å². The van der Waals surface area contributed by atoms with Gasteiger partial charge in [-0.2, -0.15) is 0 Å². The third kappa shape index (κ3) is 2.97. The van der Waals surface area contributed by atoms with Gasteiger partial charge in [-0.3, -0.25) is 9.69 Å². The Morgan fingerprint density at radius 1 is 1.26 bits per heavy atom. The van der Waals surface area contributed by atoms with Crippen molar-refractivity contribution in [2.24, 2.45) is 0 Å². The number of anilines is 2. The smallest absolute Gasteiger partial charge is 0.294 e. The molecular formula is C19H18N2O2. The Bertz CT molecular complexity index is 809. The van der Waals surface area contributed by atoms with Crippen molar-refractivity contribution in [1.82, 2.24) is 0 Å². The second-order valence-corrected chi connectivity index (χ2v) is 5.46. The summed E-state index contributed by atoms with van der Waals surface area (Å²) in [6.07, 6.45) is 3.44. The first kappa shape index (κ1) is 14.9. The molecule has 4 nitrogen and oxygen atoms in total. The lowest BCUT2D eigenvalue weighted by Crippen LogP contribution is -2.37. The van der Waals surface area contributed by atoms with E-state index in [9.17, 15) is 4.79 Å². The second kappa shape index (κ2) is 6.01. The minimum atomic E-state index is -0.204. The van der Waals surface area contributed by atoms with Crippen LogP contribution >= 0.6 is 0 Å². The van der Waals surface area contributed by atoms with Gasteiger partial charge in [0, 0.05) is 12.2 Å². The number of nitrogen functional groups attached to an aromatic ring is 1. The average molecular weight is 306 g/mol. The maximum Gasteiger partial charge on any atom is 0.294 e. The molecule has 2 aromatic rings. The van der Waals surface area contributed by atoms with Gasteiger partial charge in [0.15, 0.2) is 11.5 Å². The number of fused-ring (bicyclic) bond motifs is 1. The van der Waals surface area contributed by atoms with Gasteiger partial charge in [-0.25, -0.2) is 0 Å². The van der Waals surface area contributed by atoms with Crippen LogP contribution in [0.25, 0.3) is 6.08 Å². The summed E-state index contributed by atoms with van der Waals surface area (Å²) in [6.45, 7) is 6.12. The van der Waals surface area contributed by atoms with E-state index in [4.69, 9.17) is 10.5 Å². The number of nitrogens with zero attached hydrogens (tertiary/aromatic N) is 1. The van der Waals surface area contributed by atoms with Crippen LogP contribution in [0.2, 0.25) is 0 Å². The van der Waals surface area contributed by atoms with Crippen LogP contribution in [0.1, 0.15) is 11.1 Å². The van der Waals surface area contributed by atoms with E-state index in [0.717, 1.165) is 11.1 Å². The first-order valence-corrected chi connectivity index (χ1v) is 7.37. The van der Waals surface area contributed by atoms with Crippen molar-refractivity contribution in [3.63, 3.8) is 0 Å². The molecule has 23 heavy (non-hydrogen) atoms. The van der Waals surface area contributed by atoms with E-state index in [1.54, 1.807) is 35.3 Å². The van der Waals surface area contributed by atoms with Gasteiger partial charge in [0.2, 0.25) is 0 Å². The van der Waals surface area contributed by atoms with Crippen molar-refractivity contribution in [3.8, 4) is 5.75 Å². The third-order valence-corrected chi connectivity index (χ3v) is 3.60. The number of benzene rings is 2. The molecule has 116 valence electrons. The van der Waals surface area contributed by atoms with Crippen LogP contribution in [0.5, 0.6) is 5.75 Å². The van der Waals surface area contributed by atoms with Crippen LogP contribution < -0.4 is 15.4 Å². The Hall–Kier alpha value is -3.01. The SMILES string of the molecule is C=CCN1C(=O)/C(=C\c2cccc(C)c2)Oc2ccc(N)cc21. The number of hydrogen-bond acceptors (Lipinski definition) is 3. The van der Waals surface area contributed by atoms with Crippen molar-refractivity contribution in [2.45, 2.75) is 6.92 Å². The molecule has 0 aliphatic carbocycles. The zero-order chi connectivity index (χ0) is 16.4. The number of rotatable bonds is 3. The van der Waals surface area contributed by atoms with Crippen molar-refractivity contribution in [3.05, 3.63) is 72.0 Å². The highest BCUT2D eigenvalue weighted by Gasteiger charge is 2.29. The van der Waals surface area contributed by atoms with Crippen LogP contribution in [0.4, 0.5) is 11.4 Å². The molecule has 0 bridgehead atoms. The predicted molar refractivity (Wildman–Crippen MR) is 93.2 cm³/mol. The number of hydrogen-bond donors (Lipinski definition) is 1. The van der Waals surface area contributed by atoms with Crippen molar-refractivity contribution in [2.75, 3.05) is 17.2 Å². The zero-order valence-electron chi connectivity index (χ0n) is 13.0. The summed E-state index contributed by atoms with van der Waals surface area (Å²) in [7, 11) is 0. The molecule has 0 aromatic heterocycles. The molecule has 4 heteroatoms. The van der Waals surface area contributed by atoms with E-state index in [0.29, 0.717) is 23.7 Å². The highest BCUT2D eigenvalue weighted by atomic mass is 16.5. The summed E-state index contributed by atoms with van der Waals surface area (Å²) in [6, 6.07) is 13.2. The normalized spacial score (nSPS) is 15.3. The lowest BCUT2D eigenvalue weighted by atomic mass is 10.1. The lowest BCUT2D eigenvalue weighted by Gasteiger charge is -2.30. The fourth-order valence-electron chi connectivity index (χ4n) is 2.55. The van der Waals surface area contributed by atoms with E-state index in [-0.39, 0.29) is 11.7 Å². The van der Waals surface area contributed by atoms with Gasteiger partial charge in [0.05, 0.1) is 5.69 Å². The molecule has 0 spiro atoms. The molecule has 1 heterocycles. The molecule has 0 atom stereocenters. The van der Waals surface area contributed by atoms with Gasteiger partial charge < -0.3 is 10.5 Å². The average Bonchev–Trinajstić information content (AvgIpc) is 2.52. The molecule has 2 N–H and O–H groups in total. The highest BCUT2D eigenvalue weighted by Crippen LogP contribution is 2.37. The second-order valence-electron chi connectivity index (χ2n) is 5.46. The van der Waals surface area contributed by atoms with Crippen LogP contribution in [-0.2, 0) is 4.79 Å². The van der Waals surface area contributed by atoms with Crippen LogP contribution in [0, 0.1) is 6.92 Å². The molecule has 1 amide bonds. The van der Waals surface area contributed by atoms with Gasteiger partial charge in [-0.15, -0.1) is 6.58 Å². The zero-order valence-corrected chi connectivity index (χ0v) is 13.0. The summed E-state index contributed by atoms with van der Waals surface area (Å²) in [5.41, 5.74) is 9.12. The van der Waals surface area contributed by atoms with Gasteiger partial charge in [-0.05, 0) is 36.8 Å². The first-order valence-electron chi connectivity index (χ1n) is 7.37. The number of carbonyl (C=O) groups is 1. The molecule has 0 fully saturated rings. The summed E-state index contributed by atoms with van der Waals surface area (Å²) < 4.78 is 5.80. The van der Waals surface area contributed by atoms with E-state index in [1.165, 1.54) is 0 Å². The maximum atomic E-state index is 12.7. The van der Waals surface area contributed by atoms with Gasteiger partial charge in [0.25, 0.3) is 5.91 Å². The molecule has 1 aliphatic heterocycles. The summed E-state index contributed by atoms with van der Waals surface area (Å²) in [4.78, 5) is 14.3. The molecule has 3 rings (SSSR count). The monoisotopic (exact) mass is 306 g/mol. The Balaban J connectivity index is 2.05. The van der Waals surface area contributed by atoms with E-state index < -0.39 is 0 Å². The Labute approximate surface area is 135 Å².